The van der Waals surface area contributed by atoms with Crippen molar-refractivity contribution >= 4 is 28.5 Å². The van der Waals surface area contributed by atoms with Crippen molar-refractivity contribution in [2.45, 2.75) is 13.8 Å². The van der Waals surface area contributed by atoms with Gasteiger partial charge >= 0.3 is 5.63 Å². The van der Waals surface area contributed by atoms with Crippen LogP contribution in [0.5, 0.6) is 5.75 Å². The Bertz CT molecular complexity index is 1060. The normalized spacial score (nSPS) is 11.1. The second kappa shape index (κ2) is 8.57. The first-order valence-electron chi connectivity index (χ1n) is 9.25. The van der Waals surface area contributed by atoms with Gasteiger partial charge in [0.2, 0.25) is 0 Å². The highest BCUT2D eigenvalue weighted by molar-refractivity contribution is 6.07. The van der Waals surface area contributed by atoms with Crippen molar-refractivity contribution in [2.24, 2.45) is 0 Å². The summed E-state index contributed by atoms with van der Waals surface area (Å²) in [5.41, 5.74) is 1.94. The molecule has 3 aromatic rings. The molecule has 0 aliphatic heterocycles. The number of hydrogen-bond donors (Lipinski definition) is 0. The fourth-order valence-corrected chi connectivity index (χ4v) is 3.03. The molecule has 5 heteroatoms. The number of hydrogen-bond acceptors (Lipinski definition) is 5. The summed E-state index contributed by atoms with van der Waals surface area (Å²) < 4.78 is 10.6. The second-order valence-corrected chi connectivity index (χ2v) is 6.31. The van der Waals surface area contributed by atoms with E-state index >= 15 is 0 Å². The lowest BCUT2D eigenvalue weighted by atomic mass is 10.1. The van der Waals surface area contributed by atoms with E-state index in [1.807, 2.05) is 18.2 Å². The van der Waals surface area contributed by atoms with Gasteiger partial charge in [0.05, 0.1) is 12.7 Å². The molecule has 0 unspecified atom stereocenters. The van der Waals surface area contributed by atoms with Gasteiger partial charge in [-0.2, -0.15) is 0 Å². The van der Waals surface area contributed by atoms with Crippen molar-refractivity contribution < 1.29 is 13.9 Å². The summed E-state index contributed by atoms with van der Waals surface area (Å²) in [4.78, 5) is 26.8. The molecule has 0 saturated carbocycles. The predicted molar refractivity (Wildman–Crippen MR) is 112 cm³/mol. The largest absolute Gasteiger partial charge is 0.497 e. The zero-order valence-corrected chi connectivity index (χ0v) is 16.3. The number of ketones is 1. The molecular formula is C23H23NO4. The van der Waals surface area contributed by atoms with Crippen LogP contribution in [0.1, 0.15) is 29.8 Å². The highest BCUT2D eigenvalue weighted by atomic mass is 16.5. The van der Waals surface area contributed by atoms with Crippen molar-refractivity contribution in [2.75, 3.05) is 25.1 Å². The average molecular weight is 377 g/mol. The first-order valence-corrected chi connectivity index (χ1v) is 9.25. The Morgan fingerprint density at radius 1 is 1.07 bits per heavy atom. The molecule has 1 heterocycles. The standard InChI is InChI=1S/C23H23NO4/c1-4-24(5-2)19-10-6-17-14-18(23(26)28-22(17)15-19)9-13-21(25)16-7-11-20(27-3)12-8-16/h6-15H,4-5H2,1-3H3/b13-9+. The van der Waals surface area contributed by atoms with Crippen LogP contribution >= 0.6 is 0 Å². The molecule has 0 radical (unpaired) electrons. The molecule has 28 heavy (non-hydrogen) atoms. The van der Waals surface area contributed by atoms with E-state index in [4.69, 9.17) is 9.15 Å². The smallest absolute Gasteiger partial charge is 0.343 e. The summed E-state index contributed by atoms with van der Waals surface area (Å²) >= 11 is 0. The molecule has 0 amide bonds. The third kappa shape index (κ3) is 4.14. The van der Waals surface area contributed by atoms with Crippen LogP contribution in [0.15, 0.2) is 63.8 Å². The number of ether oxygens (including phenoxy) is 1. The van der Waals surface area contributed by atoms with E-state index in [2.05, 4.69) is 18.7 Å². The van der Waals surface area contributed by atoms with Crippen molar-refractivity contribution in [1.29, 1.82) is 0 Å². The molecule has 1 aromatic heterocycles. The Kier molecular flexibility index (Phi) is 5.94. The van der Waals surface area contributed by atoms with Crippen LogP contribution in [-0.2, 0) is 0 Å². The molecule has 0 aliphatic carbocycles. The molecule has 5 nitrogen and oxygen atoms in total. The van der Waals surface area contributed by atoms with E-state index in [9.17, 15) is 9.59 Å². The summed E-state index contributed by atoms with van der Waals surface area (Å²) in [5, 5.41) is 0.812. The average Bonchev–Trinajstić information content (AvgIpc) is 2.73. The summed E-state index contributed by atoms with van der Waals surface area (Å²) in [6.45, 7) is 5.91. The summed E-state index contributed by atoms with van der Waals surface area (Å²) in [5.74, 6) is 0.485. The van der Waals surface area contributed by atoms with Crippen LogP contribution in [0.3, 0.4) is 0 Å². The first kappa shape index (κ1) is 19.4. The molecule has 0 saturated heterocycles. The fourth-order valence-electron chi connectivity index (χ4n) is 3.03. The van der Waals surface area contributed by atoms with Gasteiger partial charge in [0.1, 0.15) is 11.3 Å². The zero-order chi connectivity index (χ0) is 20.1. The molecule has 0 bridgehead atoms. The van der Waals surface area contributed by atoms with Gasteiger partial charge in [-0.1, -0.05) is 0 Å². The van der Waals surface area contributed by atoms with Crippen molar-refractivity contribution in [3.63, 3.8) is 0 Å². The van der Waals surface area contributed by atoms with Gasteiger partial charge in [-0.05, 0) is 68.5 Å². The van der Waals surface area contributed by atoms with Crippen molar-refractivity contribution in [1.82, 2.24) is 0 Å². The Hall–Kier alpha value is -3.34. The number of methoxy groups -OCH3 is 1. The minimum absolute atomic E-state index is 0.195. The van der Waals surface area contributed by atoms with Gasteiger partial charge in [0.15, 0.2) is 5.78 Å². The van der Waals surface area contributed by atoms with E-state index in [1.54, 1.807) is 37.4 Å². The van der Waals surface area contributed by atoms with Gasteiger partial charge in [-0.3, -0.25) is 4.79 Å². The third-order valence-corrected chi connectivity index (χ3v) is 4.66. The maximum Gasteiger partial charge on any atom is 0.343 e. The highest BCUT2D eigenvalue weighted by Gasteiger charge is 2.08. The zero-order valence-electron chi connectivity index (χ0n) is 16.3. The summed E-state index contributed by atoms with van der Waals surface area (Å²) in [7, 11) is 1.57. The van der Waals surface area contributed by atoms with Crippen molar-refractivity contribution in [3.8, 4) is 5.75 Å². The van der Waals surface area contributed by atoms with E-state index in [0.717, 1.165) is 24.2 Å². The van der Waals surface area contributed by atoms with Gasteiger partial charge in [0.25, 0.3) is 0 Å². The number of rotatable bonds is 7. The molecule has 144 valence electrons. The van der Waals surface area contributed by atoms with Gasteiger partial charge in [0, 0.05) is 35.8 Å². The van der Waals surface area contributed by atoms with Crippen molar-refractivity contribution in [3.05, 3.63) is 76.2 Å². The number of carbonyl (C=O) groups excluding carboxylic acids is 1. The monoisotopic (exact) mass is 377 g/mol. The molecule has 0 fully saturated rings. The Labute approximate surface area is 163 Å². The lowest BCUT2D eigenvalue weighted by Gasteiger charge is -2.20. The van der Waals surface area contributed by atoms with Gasteiger partial charge in [-0.15, -0.1) is 0 Å². The maximum atomic E-state index is 12.3. The number of nitrogens with zero attached hydrogens (tertiary/aromatic N) is 1. The number of carbonyl (C=O) groups is 1. The van der Waals surface area contributed by atoms with Crippen LogP contribution in [0, 0.1) is 0 Å². The van der Waals surface area contributed by atoms with Crippen LogP contribution in [0.2, 0.25) is 0 Å². The predicted octanol–water partition coefficient (Wildman–Crippen LogP) is 4.54. The summed E-state index contributed by atoms with van der Waals surface area (Å²) in [6, 6.07) is 14.4. The van der Waals surface area contributed by atoms with E-state index < -0.39 is 5.63 Å². The Morgan fingerprint density at radius 3 is 2.43 bits per heavy atom. The van der Waals surface area contributed by atoms with Crippen LogP contribution in [-0.4, -0.2) is 26.0 Å². The van der Waals surface area contributed by atoms with E-state index in [0.29, 0.717) is 22.5 Å². The number of anilines is 1. The Balaban J connectivity index is 1.87. The van der Waals surface area contributed by atoms with E-state index in [-0.39, 0.29) is 5.78 Å². The van der Waals surface area contributed by atoms with Gasteiger partial charge < -0.3 is 14.1 Å². The number of benzene rings is 2. The second-order valence-electron chi connectivity index (χ2n) is 6.31. The summed E-state index contributed by atoms with van der Waals surface area (Å²) in [6.07, 6.45) is 2.88. The van der Waals surface area contributed by atoms with Crippen LogP contribution < -0.4 is 15.3 Å². The minimum Gasteiger partial charge on any atom is -0.497 e. The van der Waals surface area contributed by atoms with Gasteiger partial charge in [-0.25, -0.2) is 4.79 Å². The molecular weight excluding hydrogens is 354 g/mol. The Morgan fingerprint density at radius 2 is 1.79 bits per heavy atom. The first-order chi connectivity index (χ1) is 13.5. The molecule has 0 aliphatic rings. The van der Waals surface area contributed by atoms with E-state index in [1.165, 1.54) is 12.2 Å². The number of allylic oxidation sites excluding steroid dienone is 1. The fraction of sp³-hybridized carbons (Fsp3) is 0.217. The third-order valence-electron chi connectivity index (χ3n) is 4.66. The SMILES string of the molecule is CCN(CC)c1ccc2cc(/C=C/C(=O)c3ccc(OC)cc3)c(=O)oc2c1. The quantitative estimate of drug-likeness (QED) is 0.344. The lowest BCUT2D eigenvalue weighted by molar-refractivity contribution is 0.104. The highest BCUT2D eigenvalue weighted by Crippen LogP contribution is 2.22. The lowest BCUT2D eigenvalue weighted by Crippen LogP contribution is -2.21. The van der Waals surface area contributed by atoms with Crippen LogP contribution in [0.25, 0.3) is 17.0 Å². The maximum absolute atomic E-state index is 12.3. The molecule has 3 rings (SSSR count). The molecule has 0 atom stereocenters. The molecule has 2 aromatic carbocycles. The number of fused-ring (bicyclic) bond motifs is 1. The minimum atomic E-state index is -0.469. The van der Waals surface area contributed by atoms with Crippen LogP contribution in [0.4, 0.5) is 5.69 Å². The topological polar surface area (TPSA) is 59.8 Å². The molecule has 0 N–H and O–H groups in total. The molecule has 0 spiro atoms.